The lowest BCUT2D eigenvalue weighted by Gasteiger charge is -2.10. The van der Waals surface area contributed by atoms with Crippen LogP contribution in [0.1, 0.15) is 17.0 Å². The van der Waals surface area contributed by atoms with Crippen molar-refractivity contribution in [2.45, 2.75) is 13.8 Å². The van der Waals surface area contributed by atoms with Gasteiger partial charge in [-0.25, -0.2) is 0 Å². The van der Waals surface area contributed by atoms with Crippen LogP contribution in [-0.2, 0) is 0 Å². The van der Waals surface area contributed by atoms with Crippen LogP contribution in [-0.4, -0.2) is 15.2 Å². The minimum Gasteiger partial charge on any atom is -0.456 e. The summed E-state index contributed by atoms with van der Waals surface area (Å²) in [6, 6.07) is 11.1. The first kappa shape index (κ1) is 13.8. The normalized spacial score (nSPS) is 10.2. The van der Waals surface area contributed by atoms with Crippen molar-refractivity contribution in [3.8, 4) is 29.0 Å². The summed E-state index contributed by atoms with van der Waals surface area (Å²) in [5.41, 5.74) is 2.61. The van der Waals surface area contributed by atoms with Crippen LogP contribution >= 0.6 is 0 Å². The molecule has 0 radical (unpaired) electrons. The van der Waals surface area contributed by atoms with Crippen LogP contribution in [0.3, 0.4) is 0 Å². The number of aryl methyl sites for hydroxylation is 2. The van der Waals surface area contributed by atoms with Crippen molar-refractivity contribution in [1.82, 2.24) is 15.2 Å². The zero-order valence-electron chi connectivity index (χ0n) is 12.1. The summed E-state index contributed by atoms with van der Waals surface area (Å²) in [4.78, 5) is 4.27. The number of hydrogen-bond acceptors (Lipinski definition) is 6. The molecule has 0 aliphatic heterocycles. The van der Waals surface area contributed by atoms with Crippen LogP contribution in [0.25, 0.3) is 11.5 Å². The summed E-state index contributed by atoms with van der Waals surface area (Å²) < 4.78 is 11.0. The van der Waals surface area contributed by atoms with Crippen molar-refractivity contribution in [3.05, 3.63) is 53.7 Å². The van der Waals surface area contributed by atoms with E-state index in [0.29, 0.717) is 28.6 Å². The molecule has 3 aromatic rings. The van der Waals surface area contributed by atoms with E-state index in [1.54, 1.807) is 25.1 Å². The molecule has 1 aromatic carbocycles. The zero-order valence-corrected chi connectivity index (χ0v) is 12.1. The zero-order chi connectivity index (χ0) is 15.5. The topological polar surface area (TPSA) is 84.8 Å². The van der Waals surface area contributed by atoms with E-state index in [4.69, 9.17) is 9.15 Å². The Bertz CT molecular complexity index is 851. The molecule has 22 heavy (non-hydrogen) atoms. The molecule has 0 N–H and O–H groups in total. The van der Waals surface area contributed by atoms with Crippen LogP contribution in [0.5, 0.6) is 11.5 Å². The first-order valence-electron chi connectivity index (χ1n) is 6.60. The number of hydrogen-bond donors (Lipinski definition) is 0. The number of benzene rings is 1. The average Bonchev–Trinajstić information content (AvgIpc) is 3.01. The van der Waals surface area contributed by atoms with Gasteiger partial charge in [-0.3, -0.25) is 4.98 Å². The number of nitrogens with zero attached hydrogens (tertiary/aromatic N) is 4. The van der Waals surface area contributed by atoms with Gasteiger partial charge in [0, 0.05) is 17.3 Å². The SMILES string of the molecule is Cc1cc(Oc2cccc(-c3nnco3)c2)c(C#N)c(C)n1. The molecule has 3 rings (SSSR count). The number of nitriles is 1. The highest BCUT2D eigenvalue weighted by Crippen LogP contribution is 2.29. The second kappa shape index (κ2) is 5.66. The first-order chi connectivity index (χ1) is 10.7. The smallest absolute Gasteiger partial charge is 0.247 e. The molecule has 0 aliphatic carbocycles. The van der Waals surface area contributed by atoms with E-state index in [2.05, 4.69) is 21.3 Å². The average molecular weight is 292 g/mol. The Morgan fingerprint density at radius 3 is 2.82 bits per heavy atom. The minimum atomic E-state index is 0.410. The van der Waals surface area contributed by atoms with Gasteiger partial charge in [0.05, 0.1) is 5.69 Å². The molecule has 6 heteroatoms. The van der Waals surface area contributed by atoms with Crippen LogP contribution in [0.2, 0.25) is 0 Å². The van der Waals surface area contributed by atoms with Gasteiger partial charge in [-0.2, -0.15) is 5.26 Å². The van der Waals surface area contributed by atoms with Crippen LogP contribution in [0.15, 0.2) is 41.1 Å². The highest BCUT2D eigenvalue weighted by atomic mass is 16.5. The molecule has 108 valence electrons. The third-order valence-electron chi connectivity index (χ3n) is 3.07. The van der Waals surface area contributed by atoms with E-state index in [0.717, 1.165) is 11.3 Å². The molecule has 0 saturated carbocycles. The fraction of sp³-hybridized carbons (Fsp3) is 0.125. The molecular formula is C16H12N4O2. The summed E-state index contributed by atoms with van der Waals surface area (Å²) in [6.07, 6.45) is 1.27. The van der Waals surface area contributed by atoms with Crippen LogP contribution in [0, 0.1) is 25.2 Å². The van der Waals surface area contributed by atoms with Gasteiger partial charge in [0.25, 0.3) is 0 Å². The molecule has 0 saturated heterocycles. The molecule has 0 aliphatic rings. The molecule has 2 aromatic heterocycles. The van der Waals surface area contributed by atoms with E-state index in [1.165, 1.54) is 6.39 Å². The molecule has 0 fully saturated rings. The Kier molecular flexibility index (Phi) is 3.54. The Labute approximate surface area is 127 Å². The molecule has 6 nitrogen and oxygen atoms in total. The number of ether oxygens (including phenoxy) is 1. The monoisotopic (exact) mass is 292 g/mol. The van der Waals surface area contributed by atoms with E-state index in [9.17, 15) is 5.26 Å². The Balaban J connectivity index is 1.98. The van der Waals surface area contributed by atoms with Crippen LogP contribution < -0.4 is 4.74 Å². The summed E-state index contributed by atoms with van der Waals surface area (Å²) in [5.74, 6) is 1.47. The lowest BCUT2D eigenvalue weighted by molar-refractivity contribution is 0.478. The third-order valence-corrected chi connectivity index (χ3v) is 3.07. The molecule has 0 spiro atoms. The number of pyridine rings is 1. The maximum Gasteiger partial charge on any atom is 0.247 e. The van der Waals surface area contributed by atoms with E-state index >= 15 is 0 Å². The summed E-state index contributed by atoms with van der Waals surface area (Å²) in [5, 5.41) is 16.8. The maximum absolute atomic E-state index is 9.27. The van der Waals surface area contributed by atoms with Gasteiger partial charge in [0.2, 0.25) is 12.3 Å². The highest BCUT2D eigenvalue weighted by Gasteiger charge is 2.11. The predicted molar refractivity (Wildman–Crippen MR) is 78.2 cm³/mol. The number of rotatable bonds is 3. The maximum atomic E-state index is 9.27. The van der Waals surface area contributed by atoms with E-state index in [1.807, 2.05) is 19.1 Å². The molecular weight excluding hydrogens is 280 g/mol. The van der Waals surface area contributed by atoms with Crippen molar-refractivity contribution >= 4 is 0 Å². The standard InChI is InChI=1S/C16H12N4O2/c1-10-6-15(14(8-17)11(2)19-10)22-13-5-3-4-12(7-13)16-20-18-9-21-16/h3-7,9H,1-2H3. The van der Waals surface area contributed by atoms with Gasteiger partial charge in [-0.05, 0) is 32.0 Å². The minimum absolute atomic E-state index is 0.410. The molecule has 0 amide bonds. The van der Waals surface area contributed by atoms with Crippen molar-refractivity contribution in [2.75, 3.05) is 0 Å². The van der Waals surface area contributed by atoms with Gasteiger partial charge in [0.1, 0.15) is 23.1 Å². The van der Waals surface area contributed by atoms with Gasteiger partial charge < -0.3 is 9.15 Å². The Hall–Kier alpha value is -3.20. The largest absolute Gasteiger partial charge is 0.456 e. The van der Waals surface area contributed by atoms with Crippen molar-refractivity contribution in [2.24, 2.45) is 0 Å². The molecule has 0 bridgehead atoms. The lowest BCUT2D eigenvalue weighted by Crippen LogP contribution is -1.96. The van der Waals surface area contributed by atoms with Gasteiger partial charge in [0.15, 0.2) is 0 Å². The fourth-order valence-electron chi connectivity index (χ4n) is 2.13. The lowest BCUT2D eigenvalue weighted by atomic mass is 10.1. The quantitative estimate of drug-likeness (QED) is 0.735. The highest BCUT2D eigenvalue weighted by molar-refractivity contribution is 5.56. The van der Waals surface area contributed by atoms with Gasteiger partial charge in [-0.15, -0.1) is 10.2 Å². The first-order valence-corrected chi connectivity index (χ1v) is 6.60. The van der Waals surface area contributed by atoms with Crippen molar-refractivity contribution in [1.29, 1.82) is 5.26 Å². The van der Waals surface area contributed by atoms with Gasteiger partial charge in [-0.1, -0.05) is 6.07 Å². The molecule has 2 heterocycles. The summed E-state index contributed by atoms with van der Waals surface area (Å²) >= 11 is 0. The second-order valence-electron chi connectivity index (χ2n) is 4.71. The summed E-state index contributed by atoms with van der Waals surface area (Å²) in [6.45, 7) is 3.64. The molecule has 0 unspecified atom stereocenters. The second-order valence-corrected chi connectivity index (χ2v) is 4.71. The van der Waals surface area contributed by atoms with E-state index < -0.39 is 0 Å². The number of aromatic nitrogens is 3. The Morgan fingerprint density at radius 1 is 1.23 bits per heavy atom. The fourth-order valence-corrected chi connectivity index (χ4v) is 2.13. The summed E-state index contributed by atoms with van der Waals surface area (Å²) in [7, 11) is 0. The van der Waals surface area contributed by atoms with Gasteiger partial charge >= 0.3 is 0 Å². The molecule has 0 atom stereocenters. The van der Waals surface area contributed by atoms with Crippen LogP contribution in [0.4, 0.5) is 0 Å². The Morgan fingerprint density at radius 2 is 2.09 bits per heavy atom. The van der Waals surface area contributed by atoms with E-state index in [-0.39, 0.29) is 0 Å². The van der Waals surface area contributed by atoms with Crippen molar-refractivity contribution < 1.29 is 9.15 Å². The third kappa shape index (κ3) is 2.65. The predicted octanol–water partition coefficient (Wildman–Crippen LogP) is 3.41. The van der Waals surface area contributed by atoms with Crippen molar-refractivity contribution in [3.63, 3.8) is 0 Å².